The summed E-state index contributed by atoms with van der Waals surface area (Å²) in [6.07, 6.45) is 2.27. The van der Waals surface area contributed by atoms with Crippen molar-refractivity contribution in [2.75, 3.05) is 20.1 Å². The summed E-state index contributed by atoms with van der Waals surface area (Å²) in [7, 11) is 2.08. The van der Waals surface area contributed by atoms with Gasteiger partial charge < -0.3 is 10.2 Å². The first-order chi connectivity index (χ1) is 5.18. The summed E-state index contributed by atoms with van der Waals surface area (Å²) in [6, 6.07) is 0.334. The van der Waals surface area contributed by atoms with E-state index in [1.165, 1.54) is 6.42 Å². The fourth-order valence-electron chi connectivity index (χ4n) is 1.44. The molecule has 0 saturated carbocycles. The van der Waals surface area contributed by atoms with Crippen molar-refractivity contribution in [3.05, 3.63) is 0 Å². The van der Waals surface area contributed by atoms with Gasteiger partial charge in [0.25, 0.3) is 4.82 Å². The third-order valence-electron chi connectivity index (χ3n) is 1.94. The van der Waals surface area contributed by atoms with Crippen LogP contribution in [-0.2, 0) is 0 Å². The van der Waals surface area contributed by atoms with Crippen molar-refractivity contribution in [2.24, 2.45) is 0 Å². The van der Waals surface area contributed by atoms with Crippen molar-refractivity contribution < 1.29 is 4.79 Å². The maximum absolute atomic E-state index is 10.6. The van der Waals surface area contributed by atoms with Gasteiger partial charge in [0.1, 0.15) is 0 Å². The van der Waals surface area contributed by atoms with Crippen molar-refractivity contribution in [1.29, 1.82) is 0 Å². The molecule has 0 radical (unpaired) electrons. The fourth-order valence-corrected chi connectivity index (χ4v) is 1.77. The van der Waals surface area contributed by atoms with Crippen molar-refractivity contribution in [2.45, 2.75) is 18.9 Å². The predicted octanol–water partition coefficient (Wildman–Crippen LogP) is 1.19. The summed E-state index contributed by atoms with van der Waals surface area (Å²) in [6.45, 7) is 2.12. The molecule has 0 aromatic carbocycles. The lowest BCUT2D eigenvalue weighted by Crippen LogP contribution is -2.44. The van der Waals surface area contributed by atoms with E-state index in [1.54, 1.807) is 0 Å². The van der Waals surface area contributed by atoms with Gasteiger partial charge in [-0.05, 0) is 26.4 Å². The maximum Gasteiger partial charge on any atom is 0.287 e. The minimum absolute atomic E-state index is 0.0993. The van der Waals surface area contributed by atoms with Crippen LogP contribution in [0.4, 0.5) is 4.79 Å². The minimum atomic E-state index is -0.0993. The van der Waals surface area contributed by atoms with Gasteiger partial charge in [-0.1, -0.05) is 0 Å². The molecule has 1 unspecified atom stereocenters. The van der Waals surface area contributed by atoms with E-state index in [1.807, 2.05) is 0 Å². The molecule has 1 amide bonds. The summed E-state index contributed by atoms with van der Waals surface area (Å²) in [5.74, 6) is 0. The molecule has 1 fully saturated rings. The largest absolute Gasteiger partial charge is 0.343 e. The number of rotatable bonds is 1. The summed E-state index contributed by atoms with van der Waals surface area (Å²) in [5.41, 5.74) is 0. The van der Waals surface area contributed by atoms with Gasteiger partial charge in [0.05, 0.1) is 0 Å². The molecule has 1 heterocycles. The number of hydrogen-bond donors (Lipinski definition) is 1. The van der Waals surface area contributed by atoms with Crippen LogP contribution < -0.4 is 5.32 Å². The van der Waals surface area contributed by atoms with E-state index >= 15 is 0 Å². The second-order valence-electron chi connectivity index (χ2n) is 3.02. The van der Waals surface area contributed by atoms with Crippen molar-refractivity contribution in [3.8, 4) is 0 Å². The van der Waals surface area contributed by atoms with Crippen LogP contribution in [0, 0.1) is 0 Å². The lowest BCUT2D eigenvalue weighted by atomic mass is 10.1. The Labute approximate surface area is 75.3 Å². The highest BCUT2D eigenvalue weighted by Crippen LogP contribution is 2.08. The molecule has 1 aliphatic rings. The van der Waals surface area contributed by atoms with E-state index in [2.05, 4.69) is 33.2 Å². The van der Waals surface area contributed by atoms with Gasteiger partial charge in [0.2, 0.25) is 0 Å². The first-order valence-electron chi connectivity index (χ1n) is 3.83. The first kappa shape index (κ1) is 9.00. The number of amides is 1. The maximum atomic E-state index is 10.6. The highest BCUT2D eigenvalue weighted by molar-refractivity contribution is 9.18. The summed E-state index contributed by atoms with van der Waals surface area (Å²) in [5, 5.41) is 2.85. The SMILES string of the molecule is CN1CCCC(NC(=O)Br)C1. The molecule has 1 N–H and O–H groups in total. The molecule has 3 nitrogen and oxygen atoms in total. The van der Waals surface area contributed by atoms with E-state index < -0.39 is 0 Å². The van der Waals surface area contributed by atoms with Gasteiger partial charge in [-0.15, -0.1) is 0 Å². The zero-order valence-corrected chi connectivity index (χ0v) is 8.23. The summed E-state index contributed by atoms with van der Waals surface area (Å²) < 4.78 is 0. The van der Waals surface area contributed by atoms with Crippen molar-refractivity contribution in [3.63, 3.8) is 0 Å². The Bertz CT molecular complexity index is 151. The number of halogens is 1. The Kier molecular flexibility index (Phi) is 3.33. The number of hydrogen-bond acceptors (Lipinski definition) is 2. The van der Waals surface area contributed by atoms with Crippen molar-refractivity contribution >= 4 is 20.7 Å². The molecule has 1 atom stereocenters. The average Bonchev–Trinajstić information content (AvgIpc) is 1.85. The summed E-state index contributed by atoms with van der Waals surface area (Å²) in [4.78, 5) is 12.7. The lowest BCUT2D eigenvalue weighted by Gasteiger charge is -2.29. The van der Waals surface area contributed by atoms with Crippen LogP contribution in [0.25, 0.3) is 0 Å². The van der Waals surface area contributed by atoms with Crippen LogP contribution in [0.2, 0.25) is 0 Å². The third kappa shape index (κ3) is 3.20. The molecule has 1 saturated heterocycles. The molecular weight excluding hydrogens is 208 g/mol. The third-order valence-corrected chi connectivity index (χ3v) is 2.17. The molecule has 0 aromatic rings. The molecule has 0 aliphatic carbocycles. The second kappa shape index (κ2) is 4.07. The monoisotopic (exact) mass is 220 g/mol. The molecule has 1 aliphatic heterocycles. The Morgan fingerprint density at radius 3 is 3.00 bits per heavy atom. The van der Waals surface area contributed by atoms with Gasteiger partial charge in [-0.3, -0.25) is 4.79 Å². The number of nitrogens with zero attached hydrogens (tertiary/aromatic N) is 1. The highest BCUT2D eigenvalue weighted by atomic mass is 79.9. The van der Waals surface area contributed by atoms with Crippen molar-refractivity contribution in [1.82, 2.24) is 10.2 Å². The molecule has 0 bridgehead atoms. The zero-order valence-electron chi connectivity index (χ0n) is 6.64. The average molecular weight is 221 g/mol. The standard InChI is InChI=1S/C7H13BrN2O/c1-10-4-2-3-6(5-10)9-7(8)11/h6H,2-5H2,1H3,(H,9,11). The van der Waals surface area contributed by atoms with E-state index in [9.17, 15) is 4.79 Å². The van der Waals surface area contributed by atoms with Crippen LogP contribution in [-0.4, -0.2) is 35.9 Å². The van der Waals surface area contributed by atoms with Crippen LogP contribution >= 0.6 is 15.9 Å². The molecule has 11 heavy (non-hydrogen) atoms. The molecule has 64 valence electrons. The molecule has 0 spiro atoms. The Balaban J connectivity index is 2.28. The van der Waals surface area contributed by atoms with Crippen LogP contribution in [0.5, 0.6) is 0 Å². The van der Waals surface area contributed by atoms with Crippen LogP contribution in [0.1, 0.15) is 12.8 Å². The number of nitrogens with one attached hydrogen (secondary N) is 1. The first-order valence-corrected chi connectivity index (χ1v) is 4.62. The number of carbonyl (C=O) groups is 1. The quantitative estimate of drug-likeness (QED) is 0.532. The number of carbonyl (C=O) groups excluding carboxylic acids is 1. The van der Waals surface area contributed by atoms with E-state index in [-0.39, 0.29) is 4.82 Å². The Morgan fingerprint density at radius 2 is 2.45 bits per heavy atom. The van der Waals surface area contributed by atoms with Gasteiger partial charge in [0, 0.05) is 28.5 Å². The summed E-state index contributed by atoms with van der Waals surface area (Å²) >= 11 is 2.86. The normalized spacial score (nSPS) is 26.5. The molecule has 4 heteroatoms. The lowest BCUT2D eigenvalue weighted by molar-refractivity contribution is 0.222. The zero-order chi connectivity index (χ0) is 8.27. The van der Waals surface area contributed by atoms with E-state index in [4.69, 9.17) is 0 Å². The highest BCUT2D eigenvalue weighted by Gasteiger charge is 2.17. The minimum Gasteiger partial charge on any atom is -0.343 e. The van der Waals surface area contributed by atoms with Crippen LogP contribution in [0.3, 0.4) is 0 Å². The van der Waals surface area contributed by atoms with Gasteiger partial charge in [-0.2, -0.15) is 0 Å². The Hall–Kier alpha value is -0.0900. The molecule has 0 aromatic heterocycles. The fraction of sp³-hybridized carbons (Fsp3) is 0.857. The predicted molar refractivity (Wildman–Crippen MR) is 48.0 cm³/mol. The van der Waals surface area contributed by atoms with Gasteiger partial charge in [-0.25, -0.2) is 0 Å². The topological polar surface area (TPSA) is 32.3 Å². The smallest absolute Gasteiger partial charge is 0.287 e. The number of piperidine rings is 1. The van der Waals surface area contributed by atoms with Gasteiger partial charge in [0.15, 0.2) is 0 Å². The second-order valence-corrected chi connectivity index (χ2v) is 3.74. The number of likely N-dealkylation sites (N-methyl/N-ethyl adjacent to an activating group) is 1. The van der Waals surface area contributed by atoms with Crippen LogP contribution in [0.15, 0.2) is 0 Å². The molecular formula is C7H13BrN2O. The van der Waals surface area contributed by atoms with E-state index in [0.29, 0.717) is 6.04 Å². The Morgan fingerprint density at radius 1 is 1.73 bits per heavy atom. The molecule has 1 rings (SSSR count). The van der Waals surface area contributed by atoms with Gasteiger partial charge >= 0.3 is 0 Å². The number of likely N-dealkylation sites (tertiary alicyclic amines) is 1. The van der Waals surface area contributed by atoms with E-state index in [0.717, 1.165) is 19.5 Å².